The number of hydrogen-bond donors (Lipinski definition) is 1. The molecule has 0 radical (unpaired) electrons. The van der Waals surface area contributed by atoms with Crippen LogP contribution in [0.2, 0.25) is 5.02 Å². The molecule has 0 unspecified atom stereocenters. The van der Waals surface area contributed by atoms with Gasteiger partial charge in [-0.3, -0.25) is 0 Å². The van der Waals surface area contributed by atoms with E-state index in [1.54, 1.807) is 0 Å². The minimum atomic E-state index is 0.724. The van der Waals surface area contributed by atoms with E-state index in [4.69, 9.17) is 23.8 Å². The summed E-state index contributed by atoms with van der Waals surface area (Å²) in [6, 6.07) is 14.4. The molecule has 0 atom stereocenters. The second-order valence-electron chi connectivity index (χ2n) is 5.28. The zero-order valence-corrected chi connectivity index (χ0v) is 13.5. The second kappa shape index (κ2) is 6.04. The molecule has 3 rings (SSSR count). The number of fused-ring (bicyclic) bond motifs is 1. The highest BCUT2D eigenvalue weighted by Gasteiger charge is 2.19. The van der Waals surface area contributed by atoms with Gasteiger partial charge in [-0.05, 0) is 61.3 Å². The minimum absolute atomic E-state index is 0.724. The van der Waals surface area contributed by atoms with Crippen molar-refractivity contribution in [2.75, 3.05) is 16.8 Å². The van der Waals surface area contributed by atoms with Gasteiger partial charge in [-0.15, -0.1) is 0 Å². The maximum absolute atomic E-state index is 6.17. The van der Waals surface area contributed by atoms with Gasteiger partial charge in [0.25, 0.3) is 0 Å². The predicted octanol–water partition coefficient (Wildman–Crippen LogP) is 4.80. The fraction of sp³-hybridized carbons (Fsp3) is 0.235. The molecular weight excluding hydrogens is 300 g/mol. The van der Waals surface area contributed by atoms with Crippen LogP contribution in [0.3, 0.4) is 0 Å². The average molecular weight is 317 g/mol. The quantitative estimate of drug-likeness (QED) is 0.761. The molecule has 1 heterocycles. The monoisotopic (exact) mass is 316 g/mol. The van der Waals surface area contributed by atoms with Crippen molar-refractivity contribution in [1.82, 2.24) is 0 Å². The third-order valence-corrected chi connectivity index (χ3v) is 4.51. The average Bonchev–Trinajstić information content (AvgIpc) is 2.50. The Labute approximate surface area is 135 Å². The van der Waals surface area contributed by atoms with Crippen LogP contribution in [0.4, 0.5) is 11.4 Å². The Morgan fingerprint density at radius 3 is 2.86 bits per heavy atom. The molecule has 0 amide bonds. The van der Waals surface area contributed by atoms with E-state index in [1.807, 2.05) is 25.1 Å². The van der Waals surface area contributed by atoms with Gasteiger partial charge < -0.3 is 10.2 Å². The molecule has 0 aromatic heterocycles. The highest BCUT2D eigenvalue weighted by molar-refractivity contribution is 7.80. The molecule has 2 aromatic rings. The number of benzene rings is 2. The maximum Gasteiger partial charge on any atom is 0.177 e. The summed E-state index contributed by atoms with van der Waals surface area (Å²) in [7, 11) is 0. The lowest BCUT2D eigenvalue weighted by molar-refractivity contribution is 0.781. The molecular formula is C17H17ClN2S. The van der Waals surface area contributed by atoms with Gasteiger partial charge in [-0.1, -0.05) is 35.9 Å². The molecule has 0 spiro atoms. The lowest BCUT2D eigenvalue weighted by atomic mass is 10.0. The zero-order valence-electron chi connectivity index (χ0n) is 11.9. The third-order valence-electron chi connectivity index (χ3n) is 3.78. The number of rotatable bonds is 1. The van der Waals surface area contributed by atoms with Crippen molar-refractivity contribution in [2.24, 2.45) is 0 Å². The number of thiocarbonyl (C=S) groups is 1. The Kier molecular flexibility index (Phi) is 4.13. The molecule has 2 nitrogen and oxygen atoms in total. The van der Waals surface area contributed by atoms with Crippen molar-refractivity contribution in [1.29, 1.82) is 0 Å². The fourth-order valence-electron chi connectivity index (χ4n) is 2.61. The van der Waals surface area contributed by atoms with Gasteiger partial charge in [0.2, 0.25) is 0 Å². The molecule has 2 aromatic carbocycles. The summed E-state index contributed by atoms with van der Waals surface area (Å²) >= 11 is 11.7. The molecule has 0 fully saturated rings. The van der Waals surface area contributed by atoms with E-state index in [0.29, 0.717) is 0 Å². The van der Waals surface area contributed by atoms with Gasteiger partial charge in [0.15, 0.2) is 5.11 Å². The van der Waals surface area contributed by atoms with E-state index < -0.39 is 0 Å². The Balaban J connectivity index is 1.81. The number of nitrogens with zero attached hydrogens (tertiary/aromatic N) is 1. The third kappa shape index (κ3) is 3.04. The Morgan fingerprint density at radius 2 is 2.05 bits per heavy atom. The van der Waals surface area contributed by atoms with E-state index in [0.717, 1.165) is 40.8 Å². The van der Waals surface area contributed by atoms with Crippen molar-refractivity contribution < 1.29 is 0 Å². The summed E-state index contributed by atoms with van der Waals surface area (Å²) in [6.07, 6.45) is 2.24. The largest absolute Gasteiger partial charge is 0.332 e. The van der Waals surface area contributed by atoms with Crippen LogP contribution in [0.1, 0.15) is 17.5 Å². The normalized spacial score (nSPS) is 13.7. The molecule has 108 valence electrons. The van der Waals surface area contributed by atoms with Crippen LogP contribution in [0.5, 0.6) is 0 Å². The van der Waals surface area contributed by atoms with Crippen molar-refractivity contribution in [3.63, 3.8) is 0 Å². The topological polar surface area (TPSA) is 15.3 Å². The summed E-state index contributed by atoms with van der Waals surface area (Å²) in [6.45, 7) is 2.94. The first kappa shape index (κ1) is 14.4. The first-order valence-electron chi connectivity index (χ1n) is 7.08. The van der Waals surface area contributed by atoms with Gasteiger partial charge in [-0.2, -0.15) is 0 Å². The number of anilines is 2. The summed E-state index contributed by atoms with van der Waals surface area (Å²) < 4.78 is 0. The van der Waals surface area contributed by atoms with E-state index in [1.165, 1.54) is 11.3 Å². The van der Waals surface area contributed by atoms with Crippen LogP contribution in [0, 0.1) is 6.92 Å². The van der Waals surface area contributed by atoms with Gasteiger partial charge in [-0.25, -0.2) is 0 Å². The second-order valence-corrected chi connectivity index (χ2v) is 6.07. The van der Waals surface area contributed by atoms with Crippen molar-refractivity contribution in [2.45, 2.75) is 19.8 Å². The van der Waals surface area contributed by atoms with Crippen LogP contribution in [-0.2, 0) is 6.42 Å². The lowest BCUT2D eigenvalue weighted by Crippen LogP contribution is -2.38. The molecule has 1 N–H and O–H groups in total. The standard InChI is InChI=1S/C17H17ClN2S/c1-12-8-9-14(11-15(12)18)19-17(21)20-10-4-6-13-5-2-3-7-16(13)20/h2-3,5,7-9,11H,4,6,10H2,1H3,(H,19,21). The van der Waals surface area contributed by atoms with Crippen molar-refractivity contribution in [3.05, 3.63) is 58.6 Å². The molecule has 4 heteroatoms. The van der Waals surface area contributed by atoms with Crippen molar-refractivity contribution >= 4 is 40.3 Å². The first-order chi connectivity index (χ1) is 10.1. The molecule has 0 saturated heterocycles. The van der Waals surface area contributed by atoms with Gasteiger partial charge >= 0.3 is 0 Å². The highest BCUT2D eigenvalue weighted by Crippen LogP contribution is 2.28. The smallest absolute Gasteiger partial charge is 0.177 e. The number of hydrogen-bond acceptors (Lipinski definition) is 1. The molecule has 0 saturated carbocycles. The van der Waals surface area contributed by atoms with Crippen LogP contribution in [-0.4, -0.2) is 11.7 Å². The van der Waals surface area contributed by atoms with Crippen LogP contribution < -0.4 is 10.2 Å². The summed E-state index contributed by atoms with van der Waals surface area (Å²) in [4.78, 5) is 2.17. The van der Waals surface area contributed by atoms with Crippen LogP contribution in [0.25, 0.3) is 0 Å². The molecule has 0 bridgehead atoms. The molecule has 1 aliphatic heterocycles. The van der Waals surface area contributed by atoms with E-state index >= 15 is 0 Å². The Bertz CT molecular complexity index is 684. The van der Waals surface area contributed by atoms with Gasteiger partial charge in [0.1, 0.15) is 0 Å². The summed E-state index contributed by atoms with van der Waals surface area (Å²) in [5, 5.41) is 4.77. The zero-order chi connectivity index (χ0) is 14.8. The number of halogens is 1. The minimum Gasteiger partial charge on any atom is -0.332 e. The molecule has 21 heavy (non-hydrogen) atoms. The molecule has 1 aliphatic rings. The highest BCUT2D eigenvalue weighted by atomic mass is 35.5. The SMILES string of the molecule is Cc1ccc(NC(=S)N2CCCc3ccccc32)cc1Cl. The lowest BCUT2D eigenvalue weighted by Gasteiger charge is -2.31. The predicted molar refractivity (Wildman–Crippen MR) is 94.5 cm³/mol. The first-order valence-corrected chi connectivity index (χ1v) is 7.86. The van der Waals surface area contributed by atoms with Crippen molar-refractivity contribution in [3.8, 4) is 0 Å². The summed E-state index contributed by atoms with van der Waals surface area (Å²) in [5.41, 5.74) is 4.56. The molecule has 0 aliphatic carbocycles. The van der Waals surface area contributed by atoms with Crippen LogP contribution >= 0.6 is 23.8 Å². The van der Waals surface area contributed by atoms with Crippen LogP contribution in [0.15, 0.2) is 42.5 Å². The van der Waals surface area contributed by atoms with Gasteiger partial charge in [0.05, 0.1) is 0 Å². The maximum atomic E-state index is 6.17. The fourth-order valence-corrected chi connectivity index (χ4v) is 3.09. The number of aryl methyl sites for hydroxylation is 2. The van der Waals surface area contributed by atoms with E-state index in [2.05, 4.69) is 34.5 Å². The number of nitrogens with one attached hydrogen (secondary N) is 1. The number of para-hydroxylation sites is 1. The summed E-state index contributed by atoms with van der Waals surface area (Å²) in [5.74, 6) is 0. The van der Waals surface area contributed by atoms with E-state index in [-0.39, 0.29) is 0 Å². The Hall–Kier alpha value is -1.58. The van der Waals surface area contributed by atoms with Gasteiger partial charge in [0, 0.05) is 22.9 Å². The Morgan fingerprint density at radius 1 is 1.24 bits per heavy atom. The van der Waals surface area contributed by atoms with E-state index in [9.17, 15) is 0 Å².